The monoisotopic (exact) mass is 288 g/mol. The Morgan fingerprint density at radius 2 is 2.05 bits per heavy atom. The highest BCUT2D eigenvalue weighted by molar-refractivity contribution is 5.84. The summed E-state index contributed by atoms with van der Waals surface area (Å²) in [6.45, 7) is 2.74. The number of anilines is 1. The molecule has 0 aliphatic rings. The second kappa shape index (κ2) is 6.43. The molecule has 0 radical (unpaired) electrons. The molecule has 112 valence electrons. The van der Waals surface area contributed by atoms with Gasteiger partial charge in [0.1, 0.15) is 6.54 Å². The zero-order chi connectivity index (χ0) is 15.4. The maximum atomic E-state index is 12.0. The highest BCUT2D eigenvalue weighted by Gasteiger charge is 2.08. The van der Waals surface area contributed by atoms with Crippen LogP contribution in [0, 0.1) is 0 Å². The number of carbonyl (C=O) groups is 1. The van der Waals surface area contributed by atoms with E-state index in [1.807, 2.05) is 18.2 Å². The third-order valence-electron chi connectivity index (χ3n) is 3.52. The molecule has 0 fully saturated rings. The fourth-order valence-electron chi connectivity index (χ4n) is 2.37. The van der Waals surface area contributed by atoms with E-state index in [-0.39, 0.29) is 12.1 Å². The van der Waals surface area contributed by atoms with Gasteiger partial charge in [-0.2, -0.15) is 0 Å². The van der Waals surface area contributed by atoms with Gasteiger partial charge in [0.2, 0.25) is 0 Å². The molecule has 1 heterocycles. The summed E-state index contributed by atoms with van der Waals surface area (Å²) < 4.78 is 1.78. The Morgan fingerprint density at radius 1 is 1.29 bits per heavy atom. The van der Waals surface area contributed by atoms with Crippen LogP contribution in [0.4, 0.5) is 5.69 Å². The van der Waals surface area contributed by atoms with E-state index >= 15 is 0 Å². The molecule has 1 aromatic heterocycles. The Balaban J connectivity index is 2.43. The summed E-state index contributed by atoms with van der Waals surface area (Å²) in [6.07, 6.45) is 1.99. The minimum atomic E-state index is -0.870. The van der Waals surface area contributed by atoms with Gasteiger partial charge in [-0.15, -0.1) is 0 Å². The molecule has 0 spiro atoms. The molecular weight excluding hydrogens is 268 g/mol. The minimum absolute atomic E-state index is 0.00240. The molecule has 0 aliphatic heterocycles. The number of likely N-dealkylation sites (N-methyl/N-ethyl adjacent to an activating group) is 1. The van der Waals surface area contributed by atoms with E-state index in [1.165, 1.54) is 0 Å². The lowest BCUT2D eigenvalue weighted by Gasteiger charge is -2.18. The van der Waals surface area contributed by atoms with Gasteiger partial charge in [-0.25, -0.2) is 0 Å². The number of hydrogen-bond donors (Lipinski definition) is 1. The molecule has 0 saturated carbocycles. The molecular formula is C16H20N2O3. The zero-order valence-corrected chi connectivity index (χ0v) is 12.4. The largest absolute Gasteiger partial charge is 0.480 e. The standard InChI is InChI=1S/C16H20N2O3/c1-3-4-9-18-14-7-6-13(17(2)11-16(20)21)10-12(14)5-8-15(18)19/h5-8,10H,3-4,9,11H2,1-2H3,(H,20,21). The lowest BCUT2D eigenvalue weighted by atomic mass is 10.1. The van der Waals surface area contributed by atoms with Crippen LogP contribution in [0.5, 0.6) is 0 Å². The fraction of sp³-hybridized carbons (Fsp3) is 0.375. The summed E-state index contributed by atoms with van der Waals surface area (Å²) in [5.74, 6) is -0.870. The Hall–Kier alpha value is -2.30. The first-order valence-electron chi connectivity index (χ1n) is 7.09. The molecule has 2 aromatic rings. The van der Waals surface area contributed by atoms with Crippen molar-refractivity contribution >= 4 is 22.6 Å². The average Bonchev–Trinajstić information content (AvgIpc) is 2.45. The molecule has 0 amide bonds. The first-order chi connectivity index (χ1) is 10.0. The van der Waals surface area contributed by atoms with Gasteiger partial charge in [0.05, 0.1) is 5.52 Å². The normalized spacial score (nSPS) is 10.8. The molecule has 0 aliphatic carbocycles. The van der Waals surface area contributed by atoms with Crippen molar-refractivity contribution in [1.29, 1.82) is 0 Å². The van der Waals surface area contributed by atoms with E-state index in [4.69, 9.17) is 5.11 Å². The van der Waals surface area contributed by atoms with Crippen LogP contribution < -0.4 is 10.5 Å². The van der Waals surface area contributed by atoms with E-state index in [2.05, 4.69) is 6.92 Å². The quantitative estimate of drug-likeness (QED) is 0.886. The second-order valence-electron chi connectivity index (χ2n) is 5.17. The van der Waals surface area contributed by atoms with E-state index in [1.54, 1.807) is 28.6 Å². The van der Waals surface area contributed by atoms with Crippen LogP contribution in [0.15, 0.2) is 35.1 Å². The first kappa shape index (κ1) is 15.1. The topological polar surface area (TPSA) is 62.5 Å². The molecule has 0 unspecified atom stereocenters. The maximum absolute atomic E-state index is 12.0. The Bertz CT molecular complexity index is 706. The zero-order valence-electron chi connectivity index (χ0n) is 12.4. The van der Waals surface area contributed by atoms with Gasteiger partial charge in [-0.3, -0.25) is 9.59 Å². The van der Waals surface area contributed by atoms with Crippen molar-refractivity contribution in [3.63, 3.8) is 0 Å². The first-order valence-corrected chi connectivity index (χ1v) is 7.09. The van der Waals surface area contributed by atoms with Crippen molar-refractivity contribution in [3.8, 4) is 0 Å². The number of carboxylic acids is 1. The van der Waals surface area contributed by atoms with Gasteiger partial charge < -0.3 is 14.6 Å². The molecule has 2 rings (SSSR count). The van der Waals surface area contributed by atoms with Crippen molar-refractivity contribution in [1.82, 2.24) is 4.57 Å². The molecule has 0 atom stereocenters. The van der Waals surface area contributed by atoms with Crippen molar-refractivity contribution in [3.05, 3.63) is 40.7 Å². The number of fused-ring (bicyclic) bond motifs is 1. The lowest BCUT2D eigenvalue weighted by Crippen LogP contribution is -2.25. The van der Waals surface area contributed by atoms with Crippen molar-refractivity contribution in [2.75, 3.05) is 18.5 Å². The van der Waals surface area contributed by atoms with Crippen LogP contribution in [0.3, 0.4) is 0 Å². The second-order valence-corrected chi connectivity index (χ2v) is 5.17. The van der Waals surface area contributed by atoms with Gasteiger partial charge in [0, 0.05) is 30.7 Å². The number of pyridine rings is 1. The molecule has 1 N–H and O–H groups in total. The Labute approximate surface area is 123 Å². The van der Waals surface area contributed by atoms with Crippen LogP contribution in [0.1, 0.15) is 19.8 Å². The average molecular weight is 288 g/mol. The highest BCUT2D eigenvalue weighted by atomic mass is 16.4. The Morgan fingerprint density at radius 3 is 2.71 bits per heavy atom. The van der Waals surface area contributed by atoms with Gasteiger partial charge in [-0.05, 0) is 30.7 Å². The van der Waals surface area contributed by atoms with Crippen LogP contribution in [-0.4, -0.2) is 29.2 Å². The molecule has 21 heavy (non-hydrogen) atoms. The van der Waals surface area contributed by atoms with Gasteiger partial charge >= 0.3 is 5.97 Å². The van der Waals surface area contributed by atoms with Crippen LogP contribution >= 0.6 is 0 Å². The lowest BCUT2D eigenvalue weighted by molar-refractivity contribution is -0.135. The van der Waals surface area contributed by atoms with Crippen LogP contribution in [-0.2, 0) is 11.3 Å². The molecule has 5 nitrogen and oxygen atoms in total. The number of unbranched alkanes of at least 4 members (excludes halogenated alkanes) is 1. The number of aryl methyl sites for hydroxylation is 1. The molecule has 5 heteroatoms. The van der Waals surface area contributed by atoms with Crippen molar-refractivity contribution in [2.45, 2.75) is 26.3 Å². The summed E-state index contributed by atoms with van der Waals surface area (Å²) in [5.41, 5.74) is 1.72. The van der Waals surface area contributed by atoms with Crippen molar-refractivity contribution in [2.24, 2.45) is 0 Å². The fourth-order valence-corrected chi connectivity index (χ4v) is 2.37. The summed E-state index contributed by atoms with van der Waals surface area (Å²) >= 11 is 0. The molecule has 1 aromatic carbocycles. The predicted octanol–water partition coefficient (Wildman–Crippen LogP) is 2.32. The number of benzene rings is 1. The predicted molar refractivity (Wildman–Crippen MR) is 84.0 cm³/mol. The maximum Gasteiger partial charge on any atom is 0.323 e. The summed E-state index contributed by atoms with van der Waals surface area (Å²) in [5, 5.41) is 9.79. The number of nitrogens with zero attached hydrogens (tertiary/aromatic N) is 2. The van der Waals surface area contributed by atoms with E-state index in [0.29, 0.717) is 6.54 Å². The van der Waals surface area contributed by atoms with E-state index in [9.17, 15) is 9.59 Å². The van der Waals surface area contributed by atoms with Crippen LogP contribution in [0.2, 0.25) is 0 Å². The van der Waals surface area contributed by atoms with Crippen molar-refractivity contribution < 1.29 is 9.90 Å². The van der Waals surface area contributed by atoms with E-state index in [0.717, 1.165) is 29.4 Å². The number of aliphatic carboxylic acids is 1. The van der Waals surface area contributed by atoms with Crippen LogP contribution in [0.25, 0.3) is 10.9 Å². The minimum Gasteiger partial charge on any atom is -0.480 e. The number of carboxylic acid groups (broad SMARTS) is 1. The third-order valence-corrected chi connectivity index (χ3v) is 3.52. The SMILES string of the molecule is CCCCn1c(=O)ccc2cc(N(C)CC(=O)O)ccc21. The summed E-state index contributed by atoms with van der Waals surface area (Å²) in [6, 6.07) is 9.02. The molecule has 0 saturated heterocycles. The van der Waals surface area contributed by atoms with Gasteiger partial charge in [0.25, 0.3) is 5.56 Å². The molecule has 0 bridgehead atoms. The Kier molecular flexibility index (Phi) is 4.62. The number of aromatic nitrogens is 1. The third kappa shape index (κ3) is 3.42. The summed E-state index contributed by atoms with van der Waals surface area (Å²) in [4.78, 5) is 24.4. The smallest absolute Gasteiger partial charge is 0.323 e. The number of rotatable bonds is 6. The van der Waals surface area contributed by atoms with Gasteiger partial charge in [-0.1, -0.05) is 13.3 Å². The highest BCUT2D eigenvalue weighted by Crippen LogP contribution is 2.20. The summed E-state index contributed by atoms with van der Waals surface area (Å²) in [7, 11) is 1.74. The van der Waals surface area contributed by atoms with E-state index < -0.39 is 5.97 Å². The number of hydrogen-bond acceptors (Lipinski definition) is 3. The van der Waals surface area contributed by atoms with Gasteiger partial charge in [0.15, 0.2) is 0 Å².